The van der Waals surface area contributed by atoms with Crippen molar-refractivity contribution < 1.29 is 4.79 Å². The number of nitrogens with zero attached hydrogens (tertiary/aromatic N) is 1. The third-order valence-corrected chi connectivity index (χ3v) is 4.66. The maximum Gasteiger partial charge on any atom is 0.225 e. The van der Waals surface area contributed by atoms with Gasteiger partial charge < -0.3 is 10.6 Å². The zero-order chi connectivity index (χ0) is 14.7. The molecule has 22 heavy (non-hydrogen) atoms. The standard InChI is InChI=1S/C16H22ClN3O.ClH/c17-14-3-1-12(2-4-14)11-20-7-5-15(6-8-20)19-16(21)13-9-18-10-13;/h1-4,13,15,18H,5-11H2,(H,19,21);1H. The van der Waals surface area contributed by atoms with Crippen LogP contribution in [-0.4, -0.2) is 43.0 Å². The summed E-state index contributed by atoms with van der Waals surface area (Å²) in [6.45, 7) is 4.71. The molecule has 1 aromatic carbocycles. The summed E-state index contributed by atoms with van der Waals surface area (Å²) in [7, 11) is 0. The van der Waals surface area contributed by atoms with Crippen molar-refractivity contribution in [2.24, 2.45) is 5.92 Å². The summed E-state index contributed by atoms with van der Waals surface area (Å²) < 4.78 is 0. The van der Waals surface area contributed by atoms with Gasteiger partial charge in [-0.25, -0.2) is 0 Å². The molecule has 0 aliphatic carbocycles. The maximum atomic E-state index is 11.9. The van der Waals surface area contributed by atoms with Gasteiger partial charge in [0.05, 0.1) is 5.92 Å². The van der Waals surface area contributed by atoms with E-state index < -0.39 is 0 Å². The molecule has 0 saturated carbocycles. The lowest BCUT2D eigenvalue weighted by Crippen LogP contribution is -2.54. The Morgan fingerprint density at radius 2 is 1.86 bits per heavy atom. The summed E-state index contributed by atoms with van der Waals surface area (Å²) in [6.07, 6.45) is 2.08. The van der Waals surface area contributed by atoms with Crippen molar-refractivity contribution in [1.29, 1.82) is 0 Å². The third kappa shape index (κ3) is 4.59. The summed E-state index contributed by atoms with van der Waals surface area (Å²) in [4.78, 5) is 14.4. The van der Waals surface area contributed by atoms with Crippen LogP contribution in [0, 0.1) is 5.92 Å². The molecule has 2 heterocycles. The van der Waals surface area contributed by atoms with Gasteiger partial charge in [-0.1, -0.05) is 23.7 Å². The van der Waals surface area contributed by atoms with Gasteiger partial charge >= 0.3 is 0 Å². The van der Waals surface area contributed by atoms with Crippen LogP contribution in [0.1, 0.15) is 18.4 Å². The first-order chi connectivity index (χ1) is 10.2. The summed E-state index contributed by atoms with van der Waals surface area (Å²) in [6, 6.07) is 8.40. The molecule has 1 amide bonds. The lowest BCUT2D eigenvalue weighted by Gasteiger charge is -2.34. The van der Waals surface area contributed by atoms with Gasteiger partial charge in [0.15, 0.2) is 0 Å². The van der Waals surface area contributed by atoms with E-state index in [2.05, 4.69) is 27.7 Å². The van der Waals surface area contributed by atoms with Gasteiger partial charge in [0.1, 0.15) is 0 Å². The fourth-order valence-electron chi connectivity index (χ4n) is 2.88. The Kier molecular flexibility index (Phi) is 6.50. The molecule has 2 fully saturated rings. The SMILES string of the molecule is Cl.O=C(NC1CCN(Cc2ccc(Cl)cc2)CC1)C1CNC1. The Morgan fingerprint density at radius 3 is 2.41 bits per heavy atom. The van der Waals surface area contributed by atoms with Gasteiger partial charge in [-0.2, -0.15) is 0 Å². The third-order valence-electron chi connectivity index (χ3n) is 4.41. The average molecular weight is 344 g/mol. The Hall–Kier alpha value is -0.810. The first-order valence-corrected chi connectivity index (χ1v) is 8.06. The monoisotopic (exact) mass is 343 g/mol. The fraction of sp³-hybridized carbons (Fsp3) is 0.562. The number of carbonyl (C=O) groups is 1. The number of likely N-dealkylation sites (tertiary alicyclic amines) is 1. The van der Waals surface area contributed by atoms with Crippen LogP contribution in [0.2, 0.25) is 5.02 Å². The lowest BCUT2D eigenvalue weighted by molar-refractivity contribution is -0.127. The second kappa shape index (κ2) is 8.16. The van der Waals surface area contributed by atoms with E-state index in [9.17, 15) is 4.79 Å². The molecule has 0 aromatic heterocycles. The number of hydrogen-bond donors (Lipinski definition) is 2. The van der Waals surface area contributed by atoms with Gasteiger partial charge in [-0.15, -0.1) is 12.4 Å². The van der Waals surface area contributed by atoms with Gasteiger partial charge in [-0.3, -0.25) is 9.69 Å². The van der Waals surface area contributed by atoms with E-state index in [-0.39, 0.29) is 24.2 Å². The minimum Gasteiger partial charge on any atom is -0.353 e. The minimum atomic E-state index is 0. The van der Waals surface area contributed by atoms with Crippen molar-refractivity contribution in [2.75, 3.05) is 26.2 Å². The van der Waals surface area contributed by atoms with Crippen LogP contribution in [-0.2, 0) is 11.3 Å². The zero-order valence-corrected chi connectivity index (χ0v) is 14.1. The molecule has 0 radical (unpaired) electrons. The molecule has 2 aliphatic heterocycles. The van der Waals surface area contributed by atoms with Gasteiger partial charge in [0, 0.05) is 43.8 Å². The smallest absolute Gasteiger partial charge is 0.225 e. The van der Waals surface area contributed by atoms with E-state index in [1.165, 1.54) is 5.56 Å². The summed E-state index contributed by atoms with van der Waals surface area (Å²) in [5, 5.41) is 7.11. The normalized spacial score (nSPS) is 20.0. The lowest BCUT2D eigenvalue weighted by atomic mass is 9.99. The average Bonchev–Trinajstić information content (AvgIpc) is 2.41. The molecule has 122 valence electrons. The number of rotatable bonds is 4. The molecule has 2 aliphatic rings. The topological polar surface area (TPSA) is 44.4 Å². The highest BCUT2D eigenvalue weighted by Crippen LogP contribution is 2.16. The summed E-state index contributed by atoms with van der Waals surface area (Å²) in [5.41, 5.74) is 1.29. The largest absolute Gasteiger partial charge is 0.353 e. The molecular formula is C16H23Cl2N3O. The highest BCUT2D eigenvalue weighted by Gasteiger charge is 2.28. The fourth-order valence-corrected chi connectivity index (χ4v) is 3.00. The van der Waals surface area contributed by atoms with Crippen molar-refractivity contribution in [3.8, 4) is 0 Å². The van der Waals surface area contributed by atoms with E-state index in [1.54, 1.807) is 0 Å². The molecule has 1 aromatic rings. The number of amides is 1. The Labute approximate surface area is 143 Å². The van der Waals surface area contributed by atoms with Crippen LogP contribution >= 0.6 is 24.0 Å². The van der Waals surface area contributed by atoms with E-state index in [1.807, 2.05) is 12.1 Å². The van der Waals surface area contributed by atoms with Crippen LogP contribution in [0.3, 0.4) is 0 Å². The predicted molar refractivity (Wildman–Crippen MR) is 91.5 cm³/mol. The summed E-state index contributed by atoms with van der Waals surface area (Å²) >= 11 is 5.91. The van der Waals surface area contributed by atoms with Crippen molar-refractivity contribution >= 4 is 29.9 Å². The van der Waals surface area contributed by atoms with Crippen LogP contribution in [0.5, 0.6) is 0 Å². The van der Waals surface area contributed by atoms with Gasteiger partial charge in [-0.05, 0) is 30.5 Å². The van der Waals surface area contributed by atoms with Crippen LogP contribution < -0.4 is 10.6 Å². The molecule has 4 nitrogen and oxygen atoms in total. The Morgan fingerprint density at radius 1 is 1.23 bits per heavy atom. The number of hydrogen-bond acceptors (Lipinski definition) is 3. The highest BCUT2D eigenvalue weighted by molar-refractivity contribution is 6.30. The zero-order valence-electron chi connectivity index (χ0n) is 12.6. The number of piperidine rings is 1. The molecule has 3 rings (SSSR count). The molecule has 0 bridgehead atoms. The number of carbonyl (C=O) groups excluding carboxylic acids is 1. The molecule has 2 saturated heterocycles. The van der Waals surface area contributed by atoms with E-state index in [0.717, 1.165) is 50.6 Å². The van der Waals surface area contributed by atoms with E-state index in [4.69, 9.17) is 11.6 Å². The highest BCUT2D eigenvalue weighted by atomic mass is 35.5. The van der Waals surface area contributed by atoms with Crippen LogP contribution in [0.4, 0.5) is 0 Å². The molecule has 6 heteroatoms. The van der Waals surface area contributed by atoms with Crippen molar-refractivity contribution in [2.45, 2.75) is 25.4 Å². The first kappa shape index (κ1) is 17.5. The molecule has 0 spiro atoms. The second-order valence-corrected chi connectivity index (χ2v) is 6.48. The number of nitrogens with one attached hydrogen (secondary N) is 2. The minimum absolute atomic E-state index is 0. The van der Waals surface area contributed by atoms with Gasteiger partial charge in [0.2, 0.25) is 5.91 Å². The van der Waals surface area contributed by atoms with Crippen LogP contribution in [0.15, 0.2) is 24.3 Å². The maximum absolute atomic E-state index is 11.9. The number of halogens is 2. The number of benzene rings is 1. The molecule has 2 N–H and O–H groups in total. The molecule has 0 unspecified atom stereocenters. The van der Waals surface area contributed by atoms with Crippen molar-refractivity contribution in [3.05, 3.63) is 34.9 Å². The Bertz CT molecular complexity index is 483. The molecular weight excluding hydrogens is 321 g/mol. The predicted octanol–water partition coefficient (Wildman–Crippen LogP) is 2.06. The first-order valence-electron chi connectivity index (χ1n) is 7.68. The quantitative estimate of drug-likeness (QED) is 0.879. The van der Waals surface area contributed by atoms with Crippen LogP contribution in [0.25, 0.3) is 0 Å². The van der Waals surface area contributed by atoms with Crippen molar-refractivity contribution in [3.63, 3.8) is 0 Å². The molecule has 0 atom stereocenters. The van der Waals surface area contributed by atoms with E-state index >= 15 is 0 Å². The second-order valence-electron chi connectivity index (χ2n) is 6.04. The van der Waals surface area contributed by atoms with Crippen molar-refractivity contribution in [1.82, 2.24) is 15.5 Å². The Balaban J connectivity index is 0.00000176. The summed E-state index contributed by atoms with van der Waals surface area (Å²) in [5.74, 6) is 0.419. The van der Waals surface area contributed by atoms with Gasteiger partial charge in [0.25, 0.3) is 0 Å². The van der Waals surface area contributed by atoms with E-state index in [0.29, 0.717) is 6.04 Å².